The predicted molar refractivity (Wildman–Crippen MR) is 124 cm³/mol. The van der Waals surface area contributed by atoms with E-state index in [4.69, 9.17) is 5.73 Å². The van der Waals surface area contributed by atoms with E-state index >= 15 is 0 Å². The minimum Gasteiger partial charge on any atom is -0.504 e. The van der Waals surface area contributed by atoms with Crippen molar-refractivity contribution < 1.29 is 15.0 Å². The summed E-state index contributed by atoms with van der Waals surface area (Å²) < 4.78 is 1.36. The summed E-state index contributed by atoms with van der Waals surface area (Å²) in [7, 11) is 0. The Hall–Kier alpha value is -4.14. The van der Waals surface area contributed by atoms with Crippen molar-refractivity contribution in [3.8, 4) is 11.5 Å². The standard InChI is InChI=1S/C23H24N6O3/c1-13(2)9-10-25-23(32)19-20-22(28-16-6-4-3-5-15(16)27-20)29(21(19)24)26-12-14-7-8-17(30)18(31)11-14/h3-8,11-13,30-31H,9-10,24H2,1-2H3,(H,25,32)/b26-12-. The third-order valence-corrected chi connectivity index (χ3v) is 5.03. The first-order valence-corrected chi connectivity index (χ1v) is 10.3. The minimum atomic E-state index is -0.339. The molecule has 0 aliphatic rings. The van der Waals surface area contributed by atoms with Crippen LogP contribution in [-0.2, 0) is 0 Å². The number of carbonyl (C=O) groups is 1. The first-order chi connectivity index (χ1) is 15.3. The summed E-state index contributed by atoms with van der Waals surface area (Å²) in [4.78, 5) is 22.2. The van der Waals surface area contributed by atoms with Gasteiger partial charge < -0.3 is 21.3 Å². The van der Waals surface area contributed by atoms with E-state index in [1.807, 2.05) is 24.3 Å². The fraction of sp³-hybridized carbons (Fsp3) is 0.217. The zero-order valence-electron chi connectivity index (χ0n) is 17.8. The van der Waals surface area contributed by atoms with Gasteiger partial charge >= 0.3 is 0 Å². The van der Waals surface area contributed by atoms with Crippen molar-refractivity contribution in [2.75, 3.05) is 12.3 Å². The van der Waals surface area contributed by atoms with Gasteiger partial charge in [-0.15, -0.1) is 0 Å². The van der Waals surface area contributed by atoms with Gasteiger partial charge in [0, 0.05) is 6.54 Å². The molecule has 0 aliphatic heterocycles. The molecule has 0 aliphatic carbocycles. The van der Waals surface area contributed by atoms with Crippen molar-refractivity contribution in [2.45, 2.75) is 20.3 Å². The van der Waals surface area contributed by atoms with Crippen LogP contribution in [0.15, 0.2) is 47.6 Å². The average molecular weight is 432 g/mol. The molecule has 0 spiro atoms. The lowest BCUT2D eigenvalue weighted by Crippen LogP contribution is -2.26. The SMILES string of the molecule is CC(C)CCNC(=O)c1c(N)n(/N=C\c2ccc(O)c(O)c2)c2nc3ccccc3nc12. The number of nitrogens with zero attached hydrogens (tertiary/aromatic N) is 4. The van der Waals surface area contributed by atoms with Gasteiger partial charge in [0.25, 0.3) is 5.91 Å². The van der Waals surface area contributed by atoms with E-state index < -0.39 is 0 Å². The molecule has 9 nitrogen and oxygen atoms in total. The highest BCUT2D eigenvalue weighted by Crippen LogP contribution is 2.28. The van der Waals surface area contributed by atoms with Crippen LogP contribution < -0.4 is 11.1 Å². The lowest BCUT2D eigenvalue weighted by atomic mass is 10.1. The van der Waals surface area contributed by atoms with Crippen LogP contribution in [0.25, 0.3) is 22.2 Å². The molecule has 0 unspecified atom stereocenters. The Labute approximate surface area is 184 Å². The quantitative estimate of drug-likeness (QED) is 0.272. The molecule has 1 amide bonds. The average Bonchev–Trinajstić information content (AvgIpc) is 3.02. The molecule has 9 heteroatoms. The molecule has 0 radical (unpaired) electrons. The molecular formula is C23H24N6O3. The lowest BCUT2D eigenvalue weighted by molar-refractivity contribution is 0.0954. The van der Waals surface area contributed by atoms with Crippen LogP contribution in [-0.4, -0.2) is 43.5 Å². The number of phenols is 2. The van der Waals surface area contributed by atoms with Gasteiger partial charge in [-0.3, -0.25) is 4.79 Å². The number of hydrogen-bond donors (Lipinski definition) is 4. The Bertz CT molecular complexity index is 1340. The molecule has 2 heterocycles. The summed E-state index contributed by atoms with van der Waals surface area (Å²) >= 11 is 0. The van der Waals surface area contributed by atoms with E-state index in [0.717, 1.165) is 6.42 Å². The van der Waals surface area contributed by atoms with Crippen LogP contribution in [0.2, 0.25) is 0 Å². The van der Waals surface area contributed by atoms with E-state index in [1.165, 1.54) is 23.0 Å². The Balaban J connectivity index is 1.83. The third-order valence-electron chi connectivity index (χ3n) is 5.03. The smallest absolute Gasteiger partial charge is 0.257 e. The molecule has 2 aromatic heterocycles. The topological polar surface area (TPSA) is 139 Å². The highest BCUT2D eigenvalue weighted by molar-refractivity contribution is 6.10. The van der Waals surface area contributed by atoms with E-state index in [0.29, 0.717) is 40.2 Å². The maximum atomic E-state index is 13.0. The molecule has 2 aromatic carbocycles. The second-order valence-corrected chi connectivity index (χ2v) is 7.89. The molecule has 0 bridgehead atoms. The number of anilines is 1. The van der Waals surface area contributed by atoms with Gasteiger partial charge in [0.15, 0.2) is 17.1 Å². The van der Waals surface area contributed by atoms with Crippen molar-refractivity contribution in [3.05, 3.63) is 53.6 Å². The van der Waals surface area contributed by atoms with Gasteiger partial charge in [0.1, 0.15) is 16.9 Å². The molecule has 0 atom stereocenters. The molecule has 164 valence electrons. The number of rotatable bonds is 6. The second kappa shape index (κ2) is 8.54. The molecule has 4 rings (SSSR count). The van der Waals surface area contributed by atoms with Crippen LogP contribution in [0, 0.1) is 5.92 Å². The number of hydrogen-bond acceptors (Lipinski definition) is 7. The van der Waals surface area contributed by atoms with E-state index in [1.54, 1.807) is 6.07 Å². The molecule has 5 N–H and O–H groups in total. The van der Waals surface area contributed by atoms with Crippen molar-refractivity contribution >= 4 is 40.1 Å². The van der Waals surface area contributed by atoms with E-state index in [2.05, 4.69) is 34.2 Å². The predicted octanol–water partition coefficient (Wildman–Crippen LogP) is 3.24. The van der Waals surface area contributed by atoms with Crippen molar-refractivity contribution in [2.24, 2.45) is 11.0 Å². The lowest BCUT2D eigenvalue weighted by Gasteiger charge is -2.07. The zero-order valence-corrected chi connectivity index (χ0v) is 17.8. The summed E-state index contributed by atoms with van der Waals surface area (Å²) in [5, 5.41) is 26.5. The zero-order chi connectivity index (χ0) is 22.8. The first-order valence-electron chi connectivity index (χ1n) is 10.3. The van der Waals surface area contributed by atoms with Crippen LogP contribution in [0.1, 0.15) is 36.2 Å². The molecule has 4 aromatic rings. The number of amides is 1. The summed E-state index contributed by atoms with van der Waals surface area (Å²) in [6, 6.07) is 11.6. The number of aromatic nitrogens is 3. The van der Waals surface area contributed by atoms with Crippen LogP contribution >= 0.6 is 0 Å². The Kier molecular flexibility index (Phi) is 5.63. The van der Waals surface area contributed by atoms with Gasteiger partial charge in [-0.1, -0.05) is 26.0 Å². The Morgan fingerprint density at radius 2 is 1.88 bits per heavy atom. The number of nitrogens with one attached hydrogen (secondary N) is 1. The number of nitrogen functional groups attached to an aromatic ring is 1. The number of nitrogens with two attached hydrogens (primary N) is 1. The second-order valence-electron chi connectivity index (χ2n) is 7.89. The van der Waals surface area contributed by atoms with Gasteiger partial charge in [-0.05, 0) is 48.2 Å². The molecule has 0 saturated heterocycles. The van der Waals surface area contributed by atoms with Crippen LogP contribution in [0.4, 0.5) is 5.82 Å². The summed E-state index contributed by atoms with van der Waals surface area (Å²) in [5.74, 6) is -0.282. The molecule has 32 heavy (non-hydrogen) atoms. The number of fused-ring (bicyclic) bond motifs is 2. The van der Waals surface area contributed by atoms with E-state index in [9.17, 15) is 15.0 Å². The van der Waals surface area contributed by atoms with Crippen molar-refractivity contribution in [3.63, 3.8) is 0 Å². The van der Waals surface area contributed by atoms with Gasteiger partial charge in [-0.2, -0.15) is 9.78 Å². The van der Waals surface area contributed by atoms with Gasteiger partial charge in [0.2, 0.25) is 0 Å². The highest BCUT2D eigenvalue weighted by Gasteiger charge is 2.24. The molecular weight excluding hydrogens is 408 g/mol. The number of phenolic OH excluding ortho intramolecular Hbond substituents is 2. The first kappa shape index (κ1) is 21.1. The third kappa shape index (κ3) is 4.04. The monoisotopic (exact) mass is 432 g/mol. The number of carbonyl (C=O) groups excluding carboxylic acids is 1. The van der Waals surface area contributed by atoms with Gasteiger partial charge in [-0.25, -0.2) is 9.97 Å². The Morgan fingerprint density at radius 3 is 2.56 bits per heavy atom. The molecule has 0 saturated carbocycles. The van der Waals surface area contributed by atoms with Crippen molar-refractivity contribution in [1.82, 2.24) is 20.0 Å². The van der Waals surface area contributed by atoms with Gasteiger partial charge in [0.05, 0.1) is 17.2 Å². The van der Waals surface area contributed by atoms with Crippen LogP contribution in [0.3, 0.4) is 0 Å². The molecule has 0 fully saturated rings. The Morgan fingerprint density at radius 1 is 1.16 bits per heavy atom. The number of aromatic hydroxyl groups is 2. The highest BCUT2D eigenvalue weighted by atomic mass is 16.3. The number of para-hydroxylation sites is 2. The maximum Gasteiger partial charge on any atom is 0.257 e. The van der Waals surface area contributed by atoms with E-state index in [-0.39, 0.29) is 28.8 Å². The summed E-state index contributed by atoms with van der Waals surface area (Å²) in [5.41, 5.74) is 9.07. The fourth-order valence-corrected chi connectivity index (χ4v) is 3.30. The largest absolute Gasteiger partial charge is 0.504 e. The number of benzene rings is 2. The van der Waals surface area contributed by atoms with Crippen LogP contribution in [0.5, 0.6) is 11.5 Å². The summed E-state index contributed by atoms with van der Waals surface area (Å²) in [6.07, 6.45) is 2.29. The van der Waals surface area contributed by atoms with Crippen molar-refractivity contribution in [1.29, 1.82) is 0 Å². The fourth-order valence-electron chi connectivity index (χ4n) is 3.30. The maximum absolute atomic E-state index is 13.0. The minimum absolute atomic E-state index is 0.108. The summed E-state index contributed by atoms with van der Waals surface area (Å²) in [6.45, 7) is 4.68. The normalized spacial score (nSPS) is 11.7.